The van der Waals surface area contributed by atoms with Gasteiger partial charge in [0.2, 0.25) is 0 Å². The van der Waals surface area contributed by atoms with E-state index >= 15 is 0 Å². The molecule has 2 heteroatoms. The highest BCUT2D eigenvalue weighted by Gasteiger charge is 2.00. The summed E-state index contributed by atoms with van der Waals surface area (Å²) in [6.45, 7) is 1.96. The summed E-state index contributed by atoms with van der Waals surface area (Å²) in [7, 11) is 1.65. The Morgan fingerprint density at radius 1 is 1.60 bits per heavy atom. The molecule has 0 amide bonds. The number of benzene rings is 1. The van der Waals surface area contributed by atoms with Gasteiger partial charge >= 0.3 is 0 Å². The first kappa shape index (κ1) is 7.61. The van der Waals surface area contributed by atoms with Crippen molar-refractivity contribution < 1.29 is 4.74 Å². The average molecular weight is 200 g/mol. The molecule has 1 aromatic rings. The van der Waals surface area contributed by atoms with Crippen molar-refractivity contribution in [1.82, 2.24) is 0 Å². The van der Waals surface area contributed by atoms with Gasteiger partial charge in [-0.05, 0) is 35.0 Å². The molecular weight excluding hydrogens is 192 g/mol. The number of aryl methyl sites for hydroxylation is 1. The third-order valence-electron chi connectivity index (χ3n) is 1.29. The van der Waals surface area contributed by atoms with Crippen LogP contribution in [-0.4, -0.2) is 7.11 Å². The third kappa shape index (κ3) is 1.32. The Hall–Kier alpha value is -0.500. The van der Waals surface area contributed by atoms with Gasteiger partial charge in [-0.3, -0.25) is 0 Å². The summed E-state index contributed by atoms with van der Waals surface area (Å²) in [4.78, 5) is 0. The lowest BCUT2D eigenvalue weighted by molar-refractivity contribution is 0.409. The van der Waals surface area contributed by atoms with Crippen molar-refractivity contribution in [3.05, 3.63) is 28.2 Å². The number of ether oxygens (including phenoxy) is 1. The second-order valence-corrected chi connectivity index (χ2v) is 2.84. The van der Waals surface area contributed by atoms with Crippen LogP contribution in [0.2, 0.25) is 0 Å². The maximum absolute atomic E-state index is 5.10. The van der Waals surface area contributed by atoms with Crippen molar-refractivity contribution in [3.8, 4) is 5.75 Å². The molecule has 1 nitrogen and oxygen atoms in total. The van der Waals surface area contributed by atoms with Gasteiger partial charge in [0, 0.05) is 5.56 Å². The fourth-order valence-corrected chi connectivity index (χ4v) is 1.40. The fourth-order valence-electron chi connectivity index (χ4n) is 0.811. The van der Waals surface area contributed by atoms with E-state index < -0.39 is 0 Å². The van der Waals surface area contributed by atoms with Crippen molar-refractivity contribution in [1.29, 1.82) is 0 Å². The lowest BCUT2D eigenvalue weighted by atomic mass is 10.2. The lowest BCUT2D eigenvalue weighted by Crippen LogP contribution is -1.87. The van der Waals surface area contributed by atoms with E-state index in [-0.39, 0.29) is 0 Å². The number of hydrogen-bond acceptors (Lipinski definition) is 1. The standard InChI is InChI=1S/C8H8BrO/c1-6-4-3-5-7(9)8(6)10-2/h3,5H,1-2H3. The zero-order valence-corrected chi connectivity index (χ0v) is 7.53. The van der Waals surface area contributed by atoms with E-state index in [0.717, 1.165) is 15.8 Å². The average Bonchev–Trinajstić information content (AvgIpc) is 1.88. The quantitative estimate of drug-likeness (QED) is 0.676. The Bertz CT molecular complexity index is 212. The first-order valence-electron chi connectivity index (χ1n) is 2.96. The third-order valence-corrected chi connectivity index (χ3v) is 1.92. The second kappa shape index (κ2) is 3.06. The molecular formula is C8H8BrO. The van der Waals surface area contributed by atoms with Crippen LogP contribution < -0.4 is 4.74 Å². The van der Waals surface area contributed by atoms with Gasteiger partial charge in [0.15, 0.2) is 0 Å². The molecule has 0 heterocycles. The Balaban J connectivity index is 3.17. The van der Waals surface area contributed by atoms with Crippen LogP contribution in [0.15, 0.2) is 16.6 Å². The minimum absolute atomic E-state index is 0.863. The highest BCUT2D eigenvalue weighted by Crippen LogP contribution is 2.26. The Kier molecular flexibility index (Phi) is 2.33. The first-order valence-corrected chi connectivity index (χ1v) is 3.76. The molecule has 0 aromatic heterocycles. The van der Waals surface area contributed by atoms with Crippen LogP contribution in [0.5, 0.6) is 5.75 Å². The number of hydrogen-bond donors (Lipinski definition) is 0. The van der Waals surface area contributed by atoms with E-state index in [2.05, 4.69) is 22.0 Å². The van der Waals surface area contributed by atoms with E-state index in [4.69, 9.17) is 4.74 Å². The molecule has 1 aromatic carbocycles. The molecule has 0 spiro atoms. The predicted octanol–water partition coefficient (Wildman–Crippen LogP) is 2.57. The molecule has 0 aliphatic heterocycles. The molecule has 0 unspecified atom stereocenters. The van der Waals surface area contributed by atoms with Gasteiger partial charge in [0.25, 0.3) is 0 Å². The summed E-state index contributed by atoms with van der Waals surface area (Å²) in [6.07, 6.45) is 0. The zero-order chi connectivity index (χ0) is 7.56. The molecule has 0 atom stereocenters. The Morgan fingerprint density at radius 3 is 2.70 bits per heavy atom. The van der Waals surface area contributed by atoms with Crippen LogP contribution in [0.25, 0.3) is 0 Å². The van der Waals surface area contributed by atoms with Crippen LogP contribution in [-0.2, 0) is 0 Å². The molecule has 53 valence electrons. The summed E-state index contributed by atoms with van der Waals surface area (Å²) in [5.41, 5.74) is 1.02. The van der Waals surface area contributed by atoms with Crippen molar-refractivity contribution in [2.45, 2.75) is 6.92 Å². The minimum atomic E-state index is 0.863. The predicted molar refractivity (Wildman–Crippen MR) is 44.3 cm³/mol. The number of halogens is 1. The van der Waals surface area contributed by atoms with E-state index in [9.17, 15) is 0 Å². The Morgan fingerprint density at radius 2 is 2.30 bits per heavy atom. The molecule has 0 N–H and O–H groups in total. The summed E-state index contributed by atoms with van der Waals surface area (Å²) < 4.78 is 6.08. The fraction of sp³-hybridized carbons (Fsp3) is 0.250. The SMILES string of the molecule is COc1c(C)[c]ccc1Br. The first-order chi connectivity index (χ1) is 4.75. The summed E-state index contributed by atoms with van der Waals surface area (Å²) in [5.74, 6) is 0.863. The van der Waals surface area contributed by atoms with Crippen molar-refractivity contribution in [2.24, 2.45) is 0 Å². The number of methoxy groups -OCH3 is 1. The Labute approximate surface area is 69.1 Å². The number of rotatable bonds is 1. The molecule has 10 heavy (non-hydrogen) atoms. The van der Waals surface area contributed by atoms with Crippen LogP contribution in [0.4, 0.5) is 0 Å². The topological polar surface area (TPSA) is 9.23 Å². The van der Waals surface area contributed by atoms with Crippen molar-refractivity contribution in [3.63, 3.8) is 0 Å². The monoisotopic (exact) mass is 199 g/mol. The van der Waals surface area contributed by atoms with Crippen molar-refractivity contribution in [2.75, 3.05) is 7.11 Å². The highest BCUT2D eigenvalue weighted by atomic mass is 79.9. The highest BCUT2D eigenvalue weighted by molar-refractivity contribution is 9.10. The molecule has 0 bridgehead atoms. The lowest BCUT2D eigenvalue weighted by Gasteiger charge is -2.04. The summed E-state index contributed by atoms with van der Waals surface area (Å²) in [5, 5.41) is 0. The van der Waals surface area contributed by atoms with Gasteiger partial charge in [0.05, 0.1) is 11.6 Å². The molecule has 1 rings (SSSR count). The van der Waals surface area contributed by atoms with Crippen LogP contribution in [0.1, 0.15) is 5.56 Å². The van der Waals surface area contributed by atoms with Crippen molar-refractivity contribution >= 4 is 15.9 Å². The normalized spacial score (nSPS) is 9.50. The smallest absolute Gasteiger partial charge is 0.136 e. The van der Waals surface area contributed by atoms with Gasteiger partial charge < -0.3 is 4.74 Å². The maximum atomic E-state index is 5.10. The molecule has 1 radical (unpaired) electrons. The minimum Gasteiger partial charge on any atom is -0.495 e. The van der Waals surface area contributed by atoms with Gasteiger partial charge in [0.1, 0.15) is 5.75 Å². The second-order valence-electron chi connectivity index (χ2n) is 1.98. The van der Waals surface area contributed by atoms with E-state index in [0.29, 0.717) is 0 Å². The molecule has 0 fully saturated rings. The van der Waals surface area contributed by atoms with Gasteiger partial charge in [-0.1, -0.05) is 6.07 Å². The molecule has 0 saturated heterocycles. The van der Waals surface area contributed by atoms with Gasteiger partial charge in [-0.15, -0.1) is 0 Å². The van der Waals surface area contributed by atoms with Crippen LogP contribution >= 0.6 is 15.9 Å². The van der Waals surface area contributed by atoms with Crippen LogP contribution in [0.3, 0.4) is 0 Å². The van der Waals surface area contributed by atoms with Gasteiger partial charge in [-0.25, -0.2) is 0 Å². The summed E-state index contributed by atoms with van der Waals surface area (Å²) in [6, 6.07) is 6.81. The van der Waals surface area contributed by atoms with E-state index in [1.807, 2.05) is 19.1 Å². The van der Waals surface area contributed by atoms with Gasteiger partial charge in [-0.2, -0.15) is 0 Å². The van der Waals surface area contributed by atoms with Crippen LogP contribution in [0, 0.1) is 13.0 Å². The zero-order valence-electron chi connectivity index (χ0n) is 5.94. The maximum Gasteiger partial charge on any atom is 0.136 e. The van der Waals surface area contributed by atoms with E-state index in [1.165, 1.54) is 0 Å². The molecule has 0 saturated carbocycles. The summed E-state index contributed by atoms with van der Waals surface area (Å²) >= 11 is 3.36. The van der Waals surface area contributed by atoms with E-state index in [1.54, 1.807) is 7.11 Å². The molecule has 0 aliphatic carbocycles. The molecule has 0 aliphatic rings. The largest absolute Gasteiger partial charge is 0.495 e.